The average Bonchev–Trinajstić information content (AvgIpc) is 2.46. The lowest BCUT2D eigenvalue weighted by Crippen LogP contribution is -2.29. The van der Waals surface area contributed by atoms with Gasteiger partial charge in [0.25, 0.3) is 0 Å². The molecule has 0 aromatic carbocycles. The first-order valence-electron chi connectivity index (χ1n) is 4.98. The standard InChI is InChI=1S/C10H18N4O2/c1-10(2,3)7-6-14(4)12-8(7)11-9(15)13-16-5/h6H,1-5H3,(H2,11,12,13,15). The first-order valence-corrected chi connectivity index (χ1v) is 4.98. The molecule has 6 heteroatoms. The number of aryl methyl sites for hydroxylation is 1. The molecule has 1 aromatic heterocycles. The molecular weight excluding hydrogens is 208 g/mol. The number of hydrogen-bond donors (Lipinski definition) is 2. The van der Waals surface area contributed by atoms with Crippen molar-refractivity contribution >= 4 is 11.8 Å². The maximum absolute atomic E-state index is 11.3. The van der Waals surface area contributed by atoms with E-state index in [1.165, 1.54) is 7.11 Å². The molecule has 1 heterocycles. The Bertz CT molecular complexity index is 379. The van der Waals surface area contributed by atoms with E-state index in [1.807, 2.05) is 13.2 Å². The maximum Gasteiger partial charge on any atom is 0.344 e. The fourth-order valence-corrected chi connectivity index (χ4v) is 1.36. The molecule has 1 aromatic rings. The van der Waals surface area contributed by atoms with Gasteiger partial charge in [-0.2, -0.15) is 5.10 Å². The third-order valence-electron chi connectivity index (χ3n) is 2.06. The number of hydrogen-bond acceptors (Lipinski definition) is 3. The highest BCUT2D eigenvalue weighted by Crippen LogP contribution is 2.28. The number of urea groups is 1. The van der Waals surface area contributed by atoms with Gasteiger partial charge in [-0.15, -0.1) is 0 Å². The van der Waals surface area contributed by atoms with E-state index in [2.05, 4.69) is 41.5 Å². The van der Waals surface area contributed by atoms with Gasteiger partial charge >= 0.3 is 6.03 Å². The molecule has 0 saturated carbocycles. The number of aromatic nitrogens is 2. The van der Waals surface area contributed by atoms with Crippen molar-refractivity contribution in [3.05, 3.63) is 11.8 Å². The predicted molar refractivity (Wildman–Crippen MR) is 61.1 cm³/mol. The van der Waals surface area contributed by atoms with E-state index in [0.29, 0.717) is 5.82 Å². The first kappa shape index (κ1) is 12.5. The van der Waals surface area contributed by atoms with Crippen molar-refractivity contribution in [1.29, 1.82) is 0 Å². The van der Waals surface area contributed by atoms with Crippen LogP contribution in [0.15, 0.2) is 6.20 Å². The topological polar surface area (TPSA) is 68.2 Å². The third kappa shape index (κ3) is 2.96. The largest absolute Gasteiger partial charge is 0.344 e. The highest BCUT2D eigenvalue weighted by Gasteiger charge is 2.22. The van der Waals surface area contributed by atoms with Crippen LogP contribution in [-0.4, -0.2) is 22.9 Å². The SMILES string of the molecule is CONC(=O)Nc1nn(C)cc1C(C)(C)C. The zero-order chi connectivity index (χ0) is 12.3. The predicted octanol–water partition coefficient (Wildman–Crippen LogP) is 1.40. The molecule has 90 valence electrons. The molecule has 0 bridgehead atoms. The Morgan fingerprint density at radius 3 is 2.62 bits per heavy atom. The molecule has 16 heavy (non-hydrogen) atoms. The van der Waals surface area contributed by atoms with Crippen LogP contribution in [0.3, 0.4) is 0 Å². The van der Waals surface area contributed by atoms with Crippen LogP contribution < -0.4 is 10.8 Å². The van der Waals surface area contributed by atoms with Gasteiger partial charge in [0.1, 0.15) is 0 Å². The summed E-state index contributed by atoms with van der Waals surface area (Å²) in [6, 6.07) is -0.438. The zero-order valence-electron chi connectivity index (χ0n) is 10.3. The van der Waals surface area contributed by atoms with Crippen molar-refractivity contribution in [3.8, 4) is 0 Å². The number of carbonyl (C=O) groups is 1. The Morgan fingerprint density at radius 2 is 2.12 bits per heavy atom. The summed E-state index contributed by atoms with van der Waals surface area (Å²) in [4.78, 5) is 15.8. The van der Waals surface area contributed by atoms with Gasteiger partial charge in [0.15, 0.2) is 5.82 Å². The van der Waals surface area contributed by atoms with Gasteiger partial charge in [0, 0.05) is 18.8 Å². The van der Waals surface area contributed by atoms with E-state index in [0.717, 1.165) is 5.56 Å². The van der Waals surface area contributed by atoms with Crippen LogP contribution in [0.1, 0.15) is 26.3 Å². The number of nitrogens with zero attached hydrogens (tertiary/aromatic N) is 2. The Morgan fingerprint density at radius 1 is 1.50 bits per heavy atom. The number of hydroxylamine groups is 1. The van der Waals surface area contributed by atoms with Crippen LogP contribution in [0.2, 0.25) is 0 Å². The third-order valence-corrected chi connectivity index (χ3v) is 2.06. The highest BCUT2D eigenvalue weighted by molar-refractivity contribution is 5.88. The molecule has 0 fully saturated rings. The summed E-state index contributed by atoms with van der Waals surface area (Å²) >= 11 is 0. The number of anilines is 1. The molecule has 0 saturated heterocycles. The molecule has 0 aliphatic heterocycles. The molecule has 0 radical (unpaired) electrons. The smallest absolute Gasteiger partial charge is 0.289 e. The Hall–Kier alpha value is -1.56. The van der Waals surface area contributed by atoms with Gasteiger partial charge in [-0.25, -0.2) is 10.3 Å². The number of carbonyl (C=O) groups excluding carboxylic acids is 1. The second-order valence-electron chi connectivity index (χ2n) is 4.58. The summed E-state index contributed by atoms with van der Waals surface area (Å²) in [5.74, 6) is 0.546. The summed E-state index contributed by atoms with van der Waals surface area (Å²) in [5.41, 5.74) is 3.08. The Kier molecular flexibility index (Phi) is 3.54. The molecule has 0 atom stereocenters. The lowest BCUT2D eigenvalue weighted by molar-refractivity contribution is 0.114. The van der Waals surface area contributed by atoms with Gasteiger partial charge in [-0.05, 0) is 5.41 Å². The Balaban J connectivity index is 2.91. The average molecular weight is 226 g/mol. The molecule has 1 rings (SSSR count). The summed E-state index contributed by atoms with van der Waals surface area (Å²) in [6.45, 7) is 6.18. The minimum absolute atomic E-state index is 0.0794. The van der Waals surface area contributed by atoms with Crippen molar-refractivity contribution in [1.82, 2.24) is 15.3 Å². The van der Waals surface area contributed by atoms with Crippen molar-refractivity contribution in [2.24, 2.45) is 7.05 Å². The number of rotatable bonds is 2. The van der Waals surface area contributed by atoms with E-state index in [1.54, 1.807) is 4.68 Å². The van der Waals surface area contributed by atoms with E-state index in [4.69, 9.17) is 0 Å². The van der Waals surface area contributed by atoms with Crippen LogP contribution in [0.25, 0.3) is 0 Å². The molecule has 0 aliphatic rings. The van der Waals surface area contributed by atoms with Crippen LogP contribution in [0.4, 0.5) is 10.6 Å². The fourth-order valence-electron chi connectivity index (χ4n) is 1.36. The van der Waals surface area contributed by atoms with Gasteiger partial charge < -0.3 is 0 Å². The summed E-state index contributed by atoms with van der Waals surface area (Å²) in [6.07, 6.45) is 1.89. The summed E-state index contributed by atoms with van der Waals surface area (Å²) < 4.78 is 1.67. The van der Waals surface area contributed by atoms with E-state index >= 15 is 0 Å². The quantitative estimate of drug-likeness (QED) is 0.749. The molecule has 2 N–H and O–H groups in total. The van der Waals surface area contributed by atoms with Gasteiger partial charge in [-0.1, -0.05) is 20.8 Å². The van der Waals surface area contributed by atoms with E-state index in [9.17, 15) is 4.79 Å². The van der Waals surface area contributed by atoms with Crippen molar-refractivity contribution in [3.63, 3.8) is 0 Å². The number of nitrogens with one attached hydrogen (secondary N) is 2. The van der Waals surface area contributed by atoms with Gasteiger partial charge in [0.2, 0.25) is 0 Å². The molecule has 0 spiro atoms. The minimum Gasteiger partial charge on any atom is -0.289 e. The maximum atomic E-state index is 11.3. The molecule has 6 nitrogen and oxygen atoms in total. The fraction of sp³-hybridized carbons (Fsp3) is 0.600. The lowest BCUT2D eigenvalue weighted by Gasteiger charge is -2.18. The van der Waals surface area contributed by atoms with Gasteiger partial charge in [0.05, 0.1) is 7.11 Å². The molecule has 0 unspecified atom stereocenters. The van der Waals surface area contributed by atoms with E-state index in [-0.39, 0.29) is 5.41 Å². The molecule has 0 aliphatic carbocycles. The molecular formula is C10H18N4O2. The van der Waals surface area contributed by atoms with Gasteiger partial charge in [-0.3, -0.25) is 14.8 Å². The van der Waals surface area contributed by atoms with Crippen molar-refractivity contribution in [2.45, 2.75) is 26.2 Å². The van der Waals surface area contributed by atoms with Crippen LogP contribution in [-0.2, 0) is 17.3 Å². The van der Waals surface area contributed by atoms with Crippen molar-refractivity contribution in [2.75, 3.05) is 12.4 Å². The summed E-state index contributed by atoms with van der Waals surface area (Å²) in [5, 5.41) is 6.82. The summed E-state index contributed by atoms with van der Waals surface area (Å²) in [7, 11) is 3.19. The van der Waals surface area contributed by atoms with Crippen molar-refractivity contribution < 1.29 is 9.63 Å². The monoisotopic (exact) mass is 226 g/mol. The second kappa shape index (κ2) is 4.52. The lowest BCUT2D eigenvalue weighted by atomic mass is 9.89. The van der Waals surface area contributed by atoms with Crippen LogP contribution in [0.5, 0.6) is 0 Å². The van der Waals surface area contributed by atoms with Crippen LogP contribution in [0, 0.1) is 0 Å². The highest BCUT2D eigenvalue weighted by atomic mass is 16.6. The molecule has 2 amide bonds. The Labute approximate surface area is 94.9 Å². The number of amides is 2. The second-order valence-corrected chi connectivity index (χ2v) is 4.58. The first-order chi connectivity index (χ1) is 7.34. The van der Waals surface area contributed by atoms with E-state index < -0.39 is 6.03 Å². The minimum atomic E-state index is -0.438. The zero-order valence-corrected chi connectivity index (χ0v) is 10.3. The normalized spacial score (nSPS) is 11.3. The van der Waals surface area contributed by atoms with Crippen LogP contribution >= 0.6 is 0 Å².